The molecule has 1 atom stereocenters. The minimum Gasteiger partial charge on any atom is -0.495 e. The van der Waals surface area contributed by atoms with Crippen molar-refractivity contribution >= 4 is 29.3 Å². The van der Waals surface area contributed by atoms with Crippen LogP contribution in [0.1, 0.15) is 18.1 Å². The highest BCUT2D eigenvalue weighted by Crippen LogP contribution is 2.30. The van der Waals surface area contributed by atoms with Crippen LogP contribution in [0.15, 0.2) is 42.5 Å². The Bertz CT molecular complexity index is 902. The van der Waals surface area contributed by atoms with Crippen LogP contribution < -0.4 is 10.5 Å². The molecule has 0 unspecified atom stereocenters. The molecule has 0 bridgehead atoms. The number of hydrogen-bond acceptors (Lipinski definition) is 4. The Morgan fingerprint density at radius 1 is 1.31 bits per heavy atom. The number of nitrogens with two attached hydrogens (primary N) is 1. The zero-order chi connectivity index (χ0) is 21.0. The average Bonchev–Trinajstić information content (AvgIpc) is 2.69. The molecule has 154 valence electrons. The molecular weight excluding hydrogens is 393 g/mol. The van der Waals surface area contributed by atoms with E-state index in [9.17, 15) is 9.18 Å². The summed E-state index contributed by atoms with van der Waals surface area (Å²) < 4.78 is 18.3. The largest absolute Gasteiger partial charge is 0.495 e. The molecule has 1 amide bonds. The van der Waals surface area contributed by atoms with Gasteiger partial charge in [-0.25, -0.2) is 4.39 Å². The van der Waals surface area contributed by atoms with E-state index >= 15 is 0 Å². The Balaban J connectivity index is 1.61. The molecule has 2 aromatic rings. The van der Waals surface area contributed by atoms with Crippen LogP contribution >= 0.6 is 11.6 Å². The fourth-order valence-electron chi connectivity index (χ4n) is 3.49. The minimum absolute atomic E-state index is 0.0627. The summed E-state index contributed by atoms with van der Waals surface area (Å²) in [5, 5.41) is 0.430. The van der Waals surface area contributed by atoms with Gasteiger partial charge in [0.1, 0.15) is 11.6 Å². The van der Waals surface area contributed by atoms with Crippen LogP contribution in [0, 0.1) is 5.82 Å². The Kier molecular flexibility index (Phi) is 6.77. The summed E-state index contributed by atoms with van der Waals surface area (Å²) in [6.45, 7) is 4.92. The van der Waals surface area contributed by atoms with Crippen molar-refractivity contribution in [1.82, 2.24) is 9.80 Å². The number of methoxy groups -OCH3 is 1. The maximum absolute atomic E-state index is 13.1. The Morgan fingerprint density at radius 2 is 2.03 bits per heavy atom. The number of benzene rings is 2. The van der Waals surface area contributed by atoms with Crippen molar-refractivity contribution in [3.63, 3.8) is 0 Å². The van der Waals surface area contributed by atoms with Crippen molar-refractivity contribution < 1.29 is 13.9 Å². The van der Waals surface area contributed by atoms with Crippen LogP contribution in [0.5, 0.6) is 5.75 Å². The van der Waals surface area contributed by atoms with E-state index in [2.05, 4.69) is 4.90 Å². The van der Waals surface area contributed by atoms with E-state index < -0.39 is 0 Å². The van der Waals surface area contributed by atoms with Gasteiger partial charge in [0.25, 0.3) is 0 Å². The van der Waals surface area contributed by atoms with Gasteiger partial charge in [-0.3, -0.25) is 9.69 Å². The molecule has 3 rings (SSSR count). The molecule has 7 heteroatoms. The van der Waals surface area contributed by atoms with E-state index in [1.807, 2.05) is 11.8 Å². The van der Waals surface area contributed by atoms with Gasteiger partial charge in [-0.05, 0) is 42.8 Å². The van der Waals surface area contributed by atoms with E-state index in [-0.39, 0.29) is 17.8 Å². The highest BCUT2D eigenvalue weighted by atomic mass is 35.5. The fraction of sp³-hybridized carbons (Fsp3) is 0.318. The molecule has 29 heavy (non-hydrogen) atoms. The maximum Gasteiger partial charge on any atom is 0.246 e. The van der Waals surface area contributed by atoms with Gasteiger partial charge in [0.05, 0.1) is 12.1 Å². The number of ether oxygens (including phenoxy) is 1. The second-order valence-electron chi connectivity index (χ2n) is 7.19. The smallest absolute Gasteiger partial charge is 0.246 e. The fourth-order valence-corrected chi connectivity index (χ4v) is 3.74. The predicted molar refractivity (Wildman–Crippen MR) is 114 cm³/mol. The van der Waals surface area contributed by atoms with Gasteiger partial charge in [-0.2, -0.15) is 0 Å². The summed E-state index contributed by atoms with van der Waals surface area (Å²) in [4.78, 5) is 16.8. The Labute approximate surface area is 175 Å². The first-order valence-electron chi connectivity index (χ1n) is 9.46. The minimum atomic E-state index is -0.233. The molecule has 1 aliphatic rings. The summed E-state index contributed by atoms with van der Waals surface area (Å²) in [5.41, 5.74) is 8.22. The Morgan fingerprint density at radius 3 is 2.69 bits per heavy atom. The lowest BCUT2D eigenvalue weighted by Crippen LogP contribution is -2.53. The lowest BCUT2D eigenvalue weighted by atomic mass is 10.1. The van der Waals surface area contributed by atoms with Gasteiger partial charge < -0.3 is 15.4 Å². The van der Waals surface area contributed by atoms with Crippen molar-refractivity contribution in [2.75, 3.05) is 32.5 Å². The van der Waals surface area contributed by atoms with Crippen molar-refractivity contribution in [2.45, 2.75) is 19.5 Å². The lowest BCUT2D eigenvalue weighted by molar-refractivity contribution is -0.130. The third kappa shape index (κ3) is 5.28. The molecule has 0 saturated carbocycles. The Hall–Kier alpha value is -2.57. The molecule has 5 nitrogen and oxygen atoms in total. The molecule has 2 N–H and O–H groups in total. The first-order valence-corrected chi connectivity index (χ1v) is 9.83. The molecule has 1 aliphatic heterocycles. The van der Waals surface area contributed by atoms with E-state index in [0.29, 0.717) is 28.6 Å². The number of hydrogen-bond donors (Lipinski definition) is 1. The predicted octanol–water partition coefficient (Wildman–Crippen LogP) is 3.82. The van der Waals surface area contributed by atoms with Gasteiger partial charge >= 0.3 is 0 Å². The van der Waals surface area contributed by atoms with Gasteiger partial charge in [0.2, 0.25) is 5.91 Å². The van der Waals surface area contributed by atoms with Crippen LogP contribution in [0.3, 0.4) is 0 Å². The first-order chi connectivity index (χ1) is 13.9. The number of rotatable bonds is 5. The van der Waals surface area contributed by atoms with E-state index in [0.717, 1.165) is 25.2 Å². The monoisotopic (exact) mass is 417 g/mol. The number of amides is 1. The molecule has 1 saturated heterocycles. The topological polar surface area (TPSA) is 58.8 Å². The number of nitrogen functional groups attached to an aromatic ring is 1. The second-order valence-corrected chi connectivity index (χ2v) is 7.60. The average molecular weight is 418 g/mol. The van der Waals surface area contributed by atoms with Gasteiger partial charge in [-0.15, -0.1) is 0 Å². The van der Waals surface area contributed by atoms with Crippen LogP contribution in [-0.4, -0.2) is 48.5 Å². The molecule has 2 aromatic carbocycles. The highest BCUT2D eigenvalue weighted by Gasteiger charge is 2.26. The number of nitrogens with zero attached hydrogens (tertiary/aromatic N) is 2. The van der Waals surface area contributed by atoms with Crippen LogP contribution in [0.4, 0.5) is 10.1 Å². The van der Waals surface area contributed by atoms with Crippen LogP contribution in [-0.2, 0) is 11.3 Å². The van der Waals surface area contributed by atoms with Crippen molar-refractivity contribution in [3.05, 3.63) is 64.4 Å². The molecule has 0 aliphatic carbocycles. The maximum atomic E-state index is 13.1. The zero-order valence-corrected chi connectivity index (χ0v) is 17.3. The number of carbonyl (C=O) groups excluding carboxylic acids is 1. The molecular formula is C22H25ClFN3O2. The van der Waals surface area contributed by atoms with E-state index in [1.165, 1.54) is 25.3 Å². The van der Waals surface area contributed by atoms with Crippen molar-refractivity contribution in [3.8, 4) is 5.75 Å². The lowest BCUT2D eigenvalue weighted by Gasteiger charge is -2.39. The zero-order valence-electron chi connectivity index (χ0n) is 16.6. The standard InChI is InChI=1S/C22H25ClFN3O2/c1-15-13-26(14-16-3-6-18(24)7-4-16)9-10-27(15)22(28)8-5-17-11-21(29-2)19(23)12-20(17)25/h3-8,11-12,15H,9-10,13-14,25H2,1-2H3/b8-5+/t15-/m1/s1. The molecule has 0 spiro atoms. The van der Waals surface area contributed by atoms with E-state index in [4.69, 9.17) is 22.1 Å². The van der Waals surface area contributed by atoms with Crippen LogP contribution in [0.2, 0.25) is 5.02 Å². The summed E-state index contributed by atoms with van der Waals surface area (Å²) in [6, 6.07) is 9.93. The van der Waals surface area contributed by atoms with Crippen molar-refractivity contribution in [2.24, 2.45) is 0 Å². The first kappa shape index (κ1) is 21.1. The molecule has 1 fully saturated rings. The third-order valence-corrected chi connectivity index (χ3v) is 5.37. The highest BCUT2D eigenvalue weighted by molar-refractivity contribution is 6.32. The quantitative estimate of drug-likeness (QED) is 0.593. The summed E-state index contributed by atoms with van der Waals surface area (Å²) >= 11 is 6.06. The van der Waals surface area contributed by atoms with Gasteiger partial charge in [0.15, 0.2) is 0 Å². The summed E-state index contributed by atoms with van der Waals surface area (Å²) in [5.74, 6) is 0.214. The third-order valence-electron chi connectivity index (χ3n) is 5.08. The SMILES string of the molecule is COc1cc(/C=C/C(=O)N2CCN(Cc3ccc(F)cc3)C[C@H]2C)c(N)cc1Cl. The number of halogens is 2. The van der Waals surface area contributed by atoms with Crippen LogP contribution in [0.25, 0.3) is 6.08 Å². The summed E-state index contributed by atoms with van der Waals surface area (Å²) in [6.07, 6.45) is 3.22. The number of anilines is 1. The summed E-state index contributed by atoms with van der Waals surface area (Å²) in [7, 11) is 1.53. The molecule has 0 radical (unpaired) electrons. The number of carbonyl (C=O) groups is 1. The molecule has 1 heterocycles. The van der Waals surface area contributed by atoms with Gasteiger partial charge in [0, 0.05) is 49.5 Å². The van der Waals surface area contributed by atoms with Gasteiger partial charge in [-0.1, -0.05) is 23.7 Å². The van der Waals surface area contributed by atoms with E-state index in [1.54, 1.807) is 30.3 Å². The van der Waals surface area contributed by atoms with Crippen molar-refractivity contribution in [1.29, 1.82) is 0 Å². The normalized spacial score (nSPS) is 17.7. The molecule has 0 aromatic heterocycles. The number of piperazine rings is 1. The second kappa shape index (κ2) is 9.29.